The van der Waals surface area contributed by atoms with E-state index < -0.39 is 17.3 Å². The van der Waals surface area contributed by atoms with Gasteiger partial charge in [-0.1, -0.05) is 18.2 Å². The van der Waals surface area contributed by atoms with E-state index in [0.29, 0.717) is 22.6 Å². The van der Waals surface area contributed by atoms with Crippen molar-refractivity contribution >= 4 is 27.8 Å². The zero-order valence-corrected chi connectivity index (χ0v) is 20.0. The van der Waals surface area contributed by atoms with E-state index in [1.807, 2.05) is 30.3 Å². The van der Waals surface area contributed by atoms with Crippen molar-refractivity contribution in [1.82, 2.24) is 4.98 Å². The predicted molar refractivity (Wildman–Crippen MR) is 137 cm³/mol. The van der Waals surface area contributed by atoms with E-state index in [1.54, 1.807) is 24.4 Å². The molecular formula is C29H21NO7. The molecule has 0 unspecified atom stereocenters. The van der Waals surface area contributed by atoms with Crippen molar-refractivity contribution in [3.05, 3.63) is 88.4 Å². The monoisotopic (exact) mass is 495 g/mol. The largest absolute Gasteiger partial charge is 0.507 e. The quantitative estimate of drug-likeness (QED) is 0.269. The molecule has 0 fully saturated rings. The van der Waals surface area contributed by atoms with Gasteiger partial charge in [0, 0.05) is 29.1 Å². The number of aromatic hydroxyl groups is 1. The van der Waals surface area contributed by atoms with Crippen LogP contribution < -0.4 is 19.6 Å². The van der Waals surface area contributed by atoms with Crippen LogP contribution in [0, 0.1) is 0 Å². The Balaban J connectivity index is 1.57. The molecule has 0 aliphatic carbocycles. The number of pyridine rings is 1. The highest BCUT2D eigenvalue weighted by Gasteiger charge is 2.34. The van der Waals surface area contributed by atoms with Gasteiger partial charge in [-0.2, -0.15) is 0 Å². The number of ether oxygens (including phenoxy) is 3. The van der Waals surface area contributed by atoms with E-state index in [9.17, 15) is 14.7 Å². The summed E-state index contributed by atoms with van der Waals surface area (Å²) in [6.07, 6.45) is 3.12. The smallest absolute Gasteiger partial charge is 0.312 e. The van der Waals surface area contributed by atoms with Crippen LogP contribution in [0.4, 0.5) is 0 Å². The maximum absolute atomic E-state index is 13.7. The molecule has 0 saturated carbocycles. The summed E-state index contributed by atoms with van der Waals surface area (Å²) in [7, 11) is 3.03. The van der Waals surface area contributed by atoms with Gasteiger partial charge >= 0.3 is 5.97 Å². The van der Waals surface area contributed by atoms with Crippen LogP contribution in [0.5, 0.6) is 23.0 Å². The summed E-state index contributed by atoms with van der Waals surface area (Å²) in [5.41, 5.74) is 2.73. The number of nitrogens with zero attached hydrogens (tertiary/aromatic N) is 1. The van der Waals surface area contributed by atoms with E-state index >= 15 is 0 Å². The minimum absolute atomic E-state index is 0.0106. The highest BCUT2D eigenvalue weighted by Crippen LogP contribution is 2.46. The fourth-order valence-electron chi connectivity index (χ4n) is 4.93. The van der Waals surface area contributed by atoms with Crippen molar-refractivity contribution < 1.29 is 28.5 Å². The highest BCUT2D eigenvalue weighted by atomic mass is 16.5. The molecule has 0 saturated heterocycles. The Kier molecular flexibility index (Phi) is 5.30. The number of fused-ring (bicyclic) bond motifs is 4. The minimum Gasteiger partial charge on any atom is -0.507 e. The summed E-state index contributed by atoms with van der Waals surface area (Å²) in [6.45, 7) is 0. The first kappa shape index (κ1) is 22.6. The number of esters is 1. The molecule has 1 atom stereocenters. The van der Waals surface area contributed by atoms with Crippen LogP contribution in [0.2, 0.25) is 0 Å². The fourth-order valence-corrected chi connectivity index (χ4v) is 4.93. The number of hydrogen-bond acceptors (Lipinski definition) is 8. The molecular weight excluding hydrogens is 474 g/mol. The molecule has 3 heterocycles. The van der Waals surface area contributed by atoms with E-state index in [2.05, 4.69) is 4.98 Å². The van der Waals surface area contributed by atoms with Crippen LogP contribution in [0.1, 0.15) is 23.5 Å². The predicted octanol–water partition coefficient (Wildman–Crippen LogP) is 5.17. The SMILES string of the molecule is COc1ccc(-c2coc3c4c(cc(O)c3c2=O)OC(=O)C[C@H]4c2ccc3ncccc3c2)cc1OC. The summed E-state index contributed by atoms with van der Waals surface area (Å²) >= 11 is 0. The lowest BCUT2D eigenvalue weighted by Gasteiger charge is -2.26. The van der Waals surface area contributed by atoms with E-state index in [4.69, 9.17) is 18.6 Å². The molecule has 1 aliphatic heterocycles. The third kappa shape index (κ3) is 3.65. The molecule has 5 aromatic rings. The number of benzene rings is 3. The first-order valence-electron chi connectivity index (χ1n) is 11.6. The summed E-state index contributed by atoms with van der Waals surface area (Å²) in [5.74, 6) is -0.0816. The second-order valence-corrected chi connectivity index (χ2v) is 8.75. The van der Waals surface area contributed by atoms with Crippen molar-refractivity contribution in [1.29, 1.82) is 0 Å². The normalized spacial score (nSPS) is 14.9. The average Bonchev–Trinajstić information content (AvgIpc) is 2.91. The number of hydrogen-bond donors (Lipinski definition) is 1. The summed E-state index contributed by atoms with van der Waals surface area (Å²) < 4.78 is 22.1. The number of phenolic OH excluding ortho intramolecular Hbond substituents is 1. The van der Waals surface area contributed by atoms with Gasteiger partial charge in [-0.15, -0.1) is 0 Å². The van der Waals surface area contributed by atoms with Gasteiger partial charge in [0.15, 0.2) is 11.5 Å². The zero-order chi connectivity index (χ0) is 25.7. The topological polar surface area (TPSA) is 108 Å². The van der Waals surface area contributed by atoms with E-state index in [1.165, 1.54) is 26.5 Å². The molecule has 0 bridgehead atoms. The van der Waals surface area contributed by atoms with Crippen LogP contribution in [-0.4, -0.2) is 30.3 Å². The fraction of sp³-hybridized carbons (Fsp3) is 0.138. The molecule has 1 N–H and O–H groups in total. The average molecular weight is 495 g/mol. The van der Waals surface area contributed by atoms with Crippen LogP contribution in [0.25, 0.3) is 33.0 Å². The van der Waals surface area contributed by atoms with Crippen LogP contribution in [0.15, 0.2) is 76.3 Å². The third-order valence-electron chi connectivity index (χ3n) is 6.69. The second kappa shape index (κ2) is 8.67. The van der Waals surface area contributed by atoms with E-state index in [-0.39, 0.29) is 34.5 Å². The Hall–Kier alpha value is -4.85. The molecule has 37 heavy (non-hydrogen) atoms. The highest BCUT2D eigenvalue weighted by molar-refractivity contribution is 5.94. The number of methoxy groups -OCH3 is 2. The van der Waals surface area contributed by atoms with Crippen molar-refractivity contribution in [2.45, 2.75) is 12.3 Å². The number of rotatable bonds is 4. The number of aromatic nitrogens is 1. The first-order valence-corrected chi connectivity index (χ1v) is 11.6. The lowest BCUT2D eigenvalue weighted by Crippen LogP contribution is -2.22. The molecule has 0 radical (unpaired) electrons. The zero-order valence-electron chi connectivity index (χ0n) is 20.0. The molecule has 184 valence electrons. The Morgan fingerprint density at radius 3 is 2.65 bits per heavy atom. The van der Waals surface area contributed by atoms with Gasteiger partial charge in [0.1, 0.15) is 28.7 Å². The summed E-state index contributed by atoms with van der Waals surface area (Å²) in [4.78, 5) is 30.5. The Morgan fingerprint density at radius 1 is 1.00 bits per heavy atom. The maximum atomic E-state index is 13.7. The van der Waals surface area contributed by atoms with E-state index in [0.717, 1.165) is 16.5 Å². The van der Waals surface area contributed by atoms with Gasteiger partial charge in [-0.25, -0.2) is 0 Å². The Bertz CT molecular complexity index is 1770. The molecule has 8 heteroatoms. The standard InChI is InChI=1S/C29H21NO7/c1-34-22-8-6-16(11-23(22)35-2)19-14-36-29-26-18(15-5-7-20-17(10-15)4-3-9-30-20)12-25(32)37-24(26)13-21(31)27(29)28(19)33/h3-11,13-14,18,31H,12H2,1-2H3/t18-/m0/s1. The first-order chi connectivity index (χ1) is 18.0. The third-order valence-corrected chi connectivity index (χ3v) is 6.69. The van der Waals surface area contributed by atoms with Crippen LogP contribution in [0.3, 0.4) is 0 Å². The Labute approximate surface area is 210 Å². The molecule has 2 aromatic heterocycles. The van der Waals surface area contributed by atoms with Crippen molar-refractivity contribution in [2.75, 3.05) is 14.2 Å². The van der Waals surface area contributed by atoms with Gasteiger partial charge in [0.2, 0.25) is 5.43 Å². The van der Waals surface area contributed by atoms with Crippen molar-refractivity contribution in [2.24, 2.45) is 0 Å². The number of carbonyl (C=O) groups excluding carboxylic acids is 1. The number of carbonyl (C=O) groups is 1. The van der Waals surface area contributed by atoms with Crippen molar-refractivity contribution in [3.8, 4) is 34.1 Å². The van der Waals surface area contributed by atoms with Crippen LogP contribution >= 0.6 is 0 Å². The Morgan fingerprint density at radius 2 is 1.84 bits per heavy atom. The molecule has 3 aromatic carbocycles. The molecule has 8 nitrogen and oxygen atoms in total. The number of phenols is 1. The van der Waals surface area contributed by atoms with Gasteiger partial charge in [0.25, 0.3) is 0 Å². The lowest BCUT2D eigenvalue weighted by atomic mass is 9.84. The van der Waals surface area contributed by atoms with Gasteiger partial charge in [-0.05, 0) is 41.5 Å². The molecule has 0 amide bonds. The van der Waals surface area contributed by atoms with Crippen LogP contribution in [-0.2, 0) is 4.79 Å². The molecule has 0 spiro atoms. The molecule has 6 rings (SSSR count). The van der Waals surface area contributed by atoms with Crippen molar-refractivity contribution in [3.63, 3.8) is 0 Å². The van der Waals surface area contributed by atoms with Gasteiger partial charge in [-0.3, -0.25) is 14.6 Å². The summed E-state index contributed by atoms with van der Waals surface area (Å²) in [5, 5.41) is 11.8. The molecule has 1 aliphatic rings. The van der Waals surface area contributed by atoms with Gasteiger partial charge in [0.05, 0.1) is 31.7 Å². The summed E-state index contributed by atoms with van der Waals surface area (Å²) in [6, 6.07) is 15.9. The van der Waals surface area contributed by atoms with Gasteiger partial charge < -0.3 is 23.7 Å². The lowest BCUT2D eigenvalue weighted by molar-refractivity contribution is -0.135. The second-order valence-electron chi connectivity index (χ2n) is 8.75. The maximum Gasteiger partial charge on any atom is 0.312 e. The minimum atomic E-state index is -0.445.